The Morgan fingerprint density at radius 3 is 0.783 bits per heavy atom. The first-order chi connectivity index (χ1) is 29.2. The van der Waals surface area contributed by atoms with Crippen LogP contribution in [-0.4, -0.2) is 42.7 Å². The third-order valence-corrected chi connectivity index (χ3v) is 17.9. The van der Waals surface area contributed by atoms with Gasteiger partial charge in [-0.05, 0) is 0 Å². The topological polar surface area (TPSA) is 147 Å². The number of ether oxygens (including phenoxy) is 6. The van der Waals surface area contributed by atoms with Gasteiger partial charge in [-0.15, -0.1) is 0 Å². The summed E-state index contributed by atoms with van der Waals surface area (Å²) in [5.41, 5.74) is 0. The summed E-state index contributed by atoms with van der Waals surface area (Å²) in [5.74, 6) is 2.85. The summed E-state index contributed by atoms with van der Waals surface area (Å²) in [4.78, 5) is 6.87. The van der Waals surface area contributed by atoms with E-state index in [2.05, 4.69) is 9.72 Å². The molecule has 6 aromatic carbocycles. The molecule has 0 fully saturated rings. The summed E-state index contributed by atoms with van der Waals surface area (Å²) in [5, 5.41) is 0. The zero-order valence-corrected chi connectivity index (χ0v) is 36.2. The van der Waals surface area contributed by atoms with Crippen molar-refractivity contribution in [2.75, 3.05) is 42.7 Å². The van der Waals surface area contributed by atoms with Crippen LogP contribution in [0.15, 0.2) is 150 Å². The van der Waals surface area contributed by atoms with Gasteiger partial charge in [0.25, 0.3) is 0 Å². The second-order valence-corrected chi connectivity index (χ2v) is 19.6. The van der Waals surface area contributed by atoms with E-state index in [4.69, 9.17) is 60.1 Å². The van der Waals surface area contributed by atoms with Crippen molar-refractivity contribution in [3.63, 3.8) is 0 Å². The van der Waals surface area contributed by atoms with Gasteiger partial charge in [-0.3, -0.25) is 0 Å². The van der Waals surface area contributed by atoms with E-state index in [0.29, 0.717) is 34.5 Å². The van der Waals surface area contributed by atoms with Crippen molar-refractivity contribution in [2.24, 2.45) is 4.52 Å². The van der Waals surface area contributed by atoms with E-state index in [9.17, 15) is 0 Å². The van der Waals surface area contributed by atoms with Crippen LogP contribution in [-0.2, 0) is 0 Å². The van der Waals surface area contributed by atoms with Gasteiger partial charge in [0.2, 0.25) is 0 Å². The number of hydrogen-bond acceptors (Lipinski definition) is 15. The van der Waals surface area contributed by atoms with Gasteiger partial charge in [0, 0.05) is 0 Å². The number of benzene rings is 6. The molecule has 15 nitrogen and oxygen atoms in total. The van der Waals surface area contributed by atoms with Crippen molar-refractivity contribution >= 4 is 23.7 Å². The Balaban J connectivity index is 1.64. The van der Waals surface area contributed by atoms with E-state index < -0.39 is 15.2 Å². The molecule has 0 saturated heterocycles. The molecule has 0 aromatic heterocycles. The fourth-order valence-electron chi connectivity index (χ4n) is 6.08. The van der Waals surface area contributed by atoms with Gasteiger partial charge in [0.05, 0.1) is 0 Å². The van der Waals surface area contributed by atoms with Gasteiger partial charge in [0.15, 0.2) is 0 Å². The monoisotopic (exact) mass is 875 g/mol. The molecule has 6 aromatic rings. The Bertz CT molecular complexity index is 2230. The minimum absolute atomic E-state index is 0.00574. The zero-order chi connectivity index (χ0) is 42.1. The predicted molar refractivity (Wildman–Crippen MR) is 231 cm³/mol. The van der Waals surface area contributed by atoms with Crippen LogP contribution < -0.4 is 65.3 Å². The number of hydrogen-bond donors (Lipinski definition) is 2. The van der Waals surface area contributed by atoms with Crippen LogP contribution in [0.2, 0.25) is 0 Å². The van der Waals surface area contributed by atoms with Crippen LogP contribution in [0.25, 0.3) is 0 Å². The van der Waals surface area contributed by atoms with Crippen LogP contribution in [0.3, 0.4) is 0 Å². The summed E-state index contributed by atoms with van der Waals surface area (Å²) >= 11 is 0. The Morgan fingerprint density at radius 2 is 0.550 bits per heavy atom. The first-order valence-electron chi connectivity index (χ1n) is 18.3. The quantitative estimate of drug-likeness (QED) is 0.0789. The molecule has 0 atom stereocenters. The second kappa shape index (κ2) is 17.6. The second-order valence-electron chi connectivity index (χ2n) is 12.6. The minimum atomic E-state index is -5.78. The summed E-state index contributed by atoms with van der Waals surface area (Å²) < 4.78 is 83.8. The molecule has 60 heavy (non-hydrogen) atoms. The molecular formula is C42H44N3O12P3. The molecule has 0 aliphatic carbocycles. The Labute approximate surface area is 349 Å². The van der Waals surface area contributed by atoms with E-state index in [0.717, 1.165) is 0 Å². The number of rotatable bonds is 18. The third-order valence-electron chi connectivity index (χ3n) is 8.74. The molecule has 0 amide bonds. The van der Waals surface area contributed by atoms with E-state index in [-0.39, 0.29) is 43.0 Å². The fraction of sp³-hybridized carbons (Fsp3) is 0.143. The van der Waals surface area contributed by atoms with Crippen LogP contribution >= 0.6 is 23.7 Å². The molecule has 0 saturated carbocycles. The van der Waals surface area contributed by atoms with Gasteiger partial charge in [-0.2, -0.15) is 0 Å². The molecule has 314 valence electrons. The van der Waals surface area contributed by atoms with E-state index in [1.54, 1.807) is 146 Å². The average molecular weight is 876 g/mol. The molecule has 1 aliphatic rings. The number of methoxy groups -OCH3 is 6. The Kier molecular flexibility index (Phi) is 12.3. The summed E-state index contributed by atoms with van der Waals surface area (Å²) in [6.07, 6.45) is 0. The summed E-state index contributed by atoms with van der Waals surface area (Å²) in [6.45, 7) is 0. The standard InChI is InChI=1S/C42H44N3O12P3/c1-46-31-19-7-13-25-37(31)52-59(53-38-26-14-8-20-32(38)47-2,54-39-27-15-9-21-33(39)48-3)43-58-44-60(45-59,55-40-28-16-10-22-34(40)49-4,56-41-29-17-11-23-35(41)50-5)57-42-30-18-12-24-36(42)51-6/h7-30,45H,1-6H3,(H,43,44). The first-order valence-corrected chi connectivity index (χ1v) is 23.0. The number of nitrogens with one attached hydrogen (secondary N) is 2. The first kappa shape index (κ1) is 41.9. The summed E-state index contributed by atoms with van der Waals surface area (Å²) in [7, 11) is -2.39. The molecule has 18 heteroatoms. The van der Waals surface area contributed by atoms with Crippen molar-refractivity contribution in [1.82, 2.24) is 9.72 Å². The van der Waals surface area contributed by atoms with Crippen molar-refractivity contribution in [3.05, 3.63) is 146 Å². The van der Waals surface area contributed by atoms with Crippen molar-refractivity contribution in [2.45, 2.75) is 0 Å². The van der Waals surface area contributed by atoms with Crippen LogP contribution in [0, 0.1) is 0 Å². The molecule has 0 bridgehead atoms. The third kappa shape index (κ3) is 8.45. The number of nitrogens with zero attached hydrogens (tertiary/aromatic N) is 1. The molecule has 0 radical (unpaired) electrons. The summed E-state index contributed by atoms with van der Waals surface area (Å²) in [6, 6.07) is 41.8. The molecular weight excluding hydrogens is 831 g/mol. The molecule has 1 heterocycles. The van der Waals surface area contributed by atoms with E-state index in [1.807, 2.05) is 0 Å². The van der Waals surface area contributed by atoms with Crippen molar-refractivity contribution < 1.29 is 55.6 Å². The zero-order valence-electron chi connectivity index (χ0n) is 33.5. The fourth-order valence-corrected chi connectivity index (χ4v) is 16.4. The molecule has 7 rings (SSSR count). The SMILES string of the molecule is COc1ccccc1OP1(Oc2ccccc2OC)(Oc2ccccc2OC)N=PNP(Oc2ccccc2OC)(Oc2ccccc2OC)(Oc2ccccc2OC)N1. The molecule has 0 spiro atoms. The van der Waals surface area contributed by atoms with Crippen LogP contribution in [0.5, 0.6) is 69.0 Å². The van der Waals surface area contributed by atoms with Gasteiger partial charge in [-0.1, -0.05) is 0 Å². The maximum absolute atomic E-state index is 7.28. The van der Waals surface area contributed by atoms with Crippen LogP contribution in [0.4, 0.5) is 0 Å². The predicted octanol–water partition coefficient (Wildman–Crippen LogP) is 11.0. The normalized spacial score (nSPS) is 17.0. The molecule has 1 aliphatic heterocycles. The Morgan fingerprint density at radius 1 is 0.333 bits per heavy atom. The van der Waals surface area contributed by atoms with E-state index in [1.165, 1.54) is 42.7 Å². The maximum atomic E-state index is 7.28. The van der Waals surface area contributed by atoms with Gasteiger partial charge in [-0.25, -0.2) is 0 Å². The Hall–Kier alpha value is -6.20. The molecule has 2 N–H and O–H groups in total. The number of para-hydroxylation sites is 12. The van der Waals surface area contributed by atoms with Gasteiger partial charge < -0.3 is 0 Å². The van der Waals surface area contributed by atoms with Crippen LogP contribution in [0.1, 0.15) is 0 Å². The van der Waals surface area contributed by atoms with Gasteiger partial charge in [0.1, 0.15) is 0 Å². The van der Waals surface area contributed by atoms with Crippen molar-refractivity contribution in [1.29, 1.82) is 0 Å². The van der Waals surface area contributed by atoms with Gasteiger partial charge >= 0.3 is 351 Å². The van der Waals surface area contributed by atoms with Crippen molar-refractivity contribution in [3.8, 4) is 69.0 Å². The average Bonchev–Trinajstić information content (AvgIpc) is 3.27. The molecule has 0 unspecified atom stereocenters. The van der Waals surface area contributed by atoms with E-state index >= 15 is 0 Å².